The Morgan fingerprint density at radius 1 is 1.20 bits per heavy atom. The molecule has 54 valence electrons. The number of aromatic nitrogens is 3. The molecule has 0 aliphatic carbocycles. The van der Waals surface area contributed by atoms with E-state index in [1.54, 1.807) is 12.4 Å². The summed E-state index contributed by atoms with van der Waals surface area (Å²) in [5.74, 6) is 0. The van der Waals surface area contributed by atoms with Crippen LogP contribution in [0.15, 0.2) is 24.7 Å². The van der Waals surface area contributed by atoms with E-state index in [-0.39, 0.29) is 0 Å². The highest BCUT2D eigenvalue weighted by molar-refractivity contribution is 4.85. The monoisotopic (exact) mass is 139 g/mol. The number of nitrogens with zero attached hydrogens (tertiary/aromatic N) is 2. The van der Waals surface area contributed by atoms with Crippen molar-refractivity contribution in [2.24, 2.45) is 0 Å². The molecule has 3 N–H and O–H groups in total. The highest BCUT2D eigenvalue weighted by Crippen LogP contribution is 1.67. The lowest BCUT2D eigenvalue weighted by atomic mass is 10.7. The van der Waals surface area contributed by atoms with Gasteiger partial charge in [0.15, 0.2) is 0 Å². The maximum absolute atomic E-state index is 3.49. The van der Waals surface area contributed by atoms with Gasteiger partial charge in [0.2, 0.25) is 0 Å². The number of rotatable bonds is 0. The molecule has 0 aromatic carbocycles. The Labute approximate surface area is 58.5 Å². The first-order valence-corrected chi connectivity index (χ1v) is 2.93. The molecule has 1 aliphatic heterocycles. The minimum Gasteiger partial charge on any atom is -0.329 e. The zero-order chi connectivity index (χ0) is 7.07. The fourth-order valence-electron chi connectivity index (χ4n) is 0.461. The Bertz CT molecular complexity index is 145. The predicted octanol–water partition coefficient (Wildman–Crippen LogP) is -0.587. The van der Waals surface area contributed by atoms with Gasteiger partial charge in [0.25, 0.3) is 0 Å². The van der Waals surface area contributed by atoms with Gasteiger partial charge in [-0.1, -0.05) is 6.08 Å². The second-order valence-corrected chi connectivity index (χ2v) is 1.58. The number of nitrogens with one attached hydrogen (secondary N) is 3. The van der Waals surface area contributed by atoms with Crippen LogP contribution in [0.5, 0.6) is 0 Å². The molecule has 0 unspecified atom stereocenters. The summed E-state index contributed by atoms with van der Waals surface area (Å²) in [4.78, 5) is 0. The van der Waals surface area contributed by atoms with Crippen molar-refractivity contribution in [3.8, 4) is 0 Å². The fourth-order valence-corrected chi connectivity index (χ4v) is 0.461. The van der Waals surface area contributed by atoms with Gasteiger partial charge in [0, 0.05) is 12.7 Å². The molecule has 1 aromatic heterocycles. The van der Waals surface area contributed by atoms with E-state index >= 15 is 0 Å². The van der Waals surface area contributed by atoms with Crippen LogP contribution >= 0.6 is 0 Å². The second kappa shape index (κ2) is 4.51. The standard InChI is InChI=1S/C3H6N2.C2H3N3/c2*1-2-4-5-3-1/h1-2,4-5H,3H2;1-2H,(H,3,4,5). The molecule has 0 atom stereocenters. The molecule has 2 heterocycles. The van der Waals surface area contributed by atoms with Gasteiger partial charge in [-0.3, -0.25) is 0 Å². The van der Waals surface area contributed by atoms with E-state index in [4.69, 9.17) is 0 Å². The van der Waals surface area contributed by atoms with Crippen LogP contribution in [-0.2, 0) is 0 Å². The largest absolute Gasteiger partial charge is 0.329 e. The van der Waals surface area contributed by atoms with E-state index in [1.165, 1.54) is 0 Å². The summed E-state index contributed by atoms with van der Waals surface area (Å²) in [6, 6.07) is 0. The van der Waals surface area contributed by atoms with Gasteiger partial charge in [-0.05, 0) is 0 Å². The lowest BCUT2D eigenvalue weighted by molar-refractivity contribution is 0.727. The molecule has 2 rings (SSSR count). The summed E-state index contributed by atoms with van der Waals surface area (Å²) < 4.78 is 0. The SMILES string of the molecule is C1=CNNC1.c1cn[nH]n1. The molecular formula is C5H9N5. The zero-order valence-corrected chi connectivity index (χ0v) is 5.41. The first-order valence-electron chi connectivity index (χ1n) is 2.93. The quantitative estimate of drug-likeness (QED) is 0.449. The summed E-state index contributed by atoms with van der Waals surface area (Å²) in [6.07, 6.45) is 7.06. The lowest BCUT2D eigenvalue weighted by Crippen LogP contribution is -2.19. The molecule has 0 saturated carbocycles. The first kappa shape index (κ1) is 6.76. The second-order valence-electron chi connectivity index (χ2n) is 1.58. The van der Waals surface area contributed by atoms with Crippen molar-refractivity contribution in [1.29, 1.82) is 0 Å². The van der Waals surface area contributed by atoms with Crippen molar-refractivity contribution in [3.63, 3.8) is 0 Å². The molecule has 5 heteroatoms. The highest BCUT2D eigenvalue weighted by atomic mass is 15.4. The number of hydrazine groups is 1. The van der Waals surface area contributed by atoms with Gasteiger partial charge >= 0.3 is 0 Å². The molecule has 0 fully saturated rings. The van der Waals surface area contributed by atoms with Gasteiger partial charge in [-0.25, -0.2) is 5.43 Å². The van der Waals surface area contributed by atoms with Crippen molar-refractivity contribution in [2.45, 2.75) is 0 Å². The Morgan fingerprint density at radius 2 is 2.00 bits per heavy atom. The topological polar surface area (TPSA) is 65.6 Å². The van der Waals surface area contributed by atoms with E-state index in [2.05, 4.69) is 26.3 Å². The Balaban J connectivity index is 0.0000001000. The molecule has 0 saturated heterocycles. The van der Waals surface area contributed by atoms with Crippen LogP contribution in [0.3, 0.4) is 0 Å². The van der Waals surface area contributed by atoms with Crippen LogP contribution < -0.4 is 10.9 Å². The summed E-state index contributed by atoms with van der Waals surface area (Å²) in [6.45, 7) is 0.958. The van der Waals surface area contributed by atoms with E-state index in [9.17, 15) is 0 Å². The average molecular weight is 139 g/mol. The van der Waals surface area contributed by atoms with Crippen LogP contribution in [0, 0.1) is 0 Å². The van der Waals surface area contributed by atoms with Crippen molar-refractivity contribution in [1.82, 2.24) is 26.3 Å². The molecule has 5 nitrogen and oxygen atoms in total. The minimum atomic E-state index is 0.958. The molecule has 1 aromatic rings. The Morgan fingerprint density at radius 3 is 2.20 bits per heavy atom. The number of H-pyrrole nitrogens is 1. The zero-order valence-electron chi connectivity index (χ0n) is 5.41. The van der Waals surface area contributed by atoms with E-state index in [1.807, 2.05) is 12.3 Å². The predicted molar refractivity (Wildman–Crippen MR) is 36.7 cm³/mol. The van der Waals surface area contributed by atoms with E-state index in [0.717, 1.165) is 6.54 Å². The summed E-state index contributed by atoms with van der Waals surface area (Å²) in [5, 5.41) is 9.33. The third-order valence-electron chi connectivity index (χ3n) is 0.854. The molecule has 1 aliphatic rings. The van der Waals surface area contributed by atoms with Crippen LogP contribution in [0.4, 0.5) is 0 Å². The van der Waals surface area contributed by atoms with Gasteiger partial charge in [-0.15, -0.1) is 0 Å². The smallest absolute Gasteiger partial charge is 0.0690 e. The maximum Gasteiger partial charge on any atom is 0.0690 e. The number of hydrogen-bond donors (Lipinski definition) is 3. The normalized spacial score (nSPS) is 13.6. The Hall–Kier alpha value is -1.36. The lowest BCUT2D eigenvalue weighted by Gasteiger charge is -1.83. The molecule has 0 radical (unpaired) electrons. The summed E-state index contributed by atoms with van der Waals surface area (Å²) >= 11 is 0. The minimum absolute atomic E-state index is 0.958. The van der Waals surface area contributed by atoms with Gasteiger partial charge in [0.05, 0.1) is 12.4 Å². The highest BCUT2D eigenvalue weighted by Gasteiger charge is 1.78. The third kappa shape index (κ3) is 2.83. The van der Waals surface area contributed by atoms with Crippen LogP contribution in [0.2, 0.25) is 0 Å². The Kier molecular flexibility index (Phi) is 3.05. The van der Waals surface area contributed by atoms with Gasteiger partial charge in [0.1, 0.15) is 0 Å². The average Bonchev–Trinajstić information content (AvgIpc) is 2.67. The summed E-state index contributed by atoms with van der Waals surface area (Å²) in [7, 11) is 0. The molecular weight excluding hydrogens is 130 g/mol. The number of hydrogen-bond acceptors (Lipinski definition) is 4. The summed E-state index contributed by atoms with van der Waals surface area (Å²) in [5.41, 5.74) is 5.65. The van der Waals surface area contributed by atoms with Crippen LogP contribution in [0.1, 0.15) is 0 Å². The van der Waals surface area contributed by atoms with Gasteiger partial charge < -0.3 is 5.43 Å². The third-order valence-corrected chi connectivity index (χ3v) is 0.854. The van der Waals surface area contributed by atoms with Gasteiger partial charge in [-0.2, -0.15) is 15.4 Å². The van der Waals surface area contributed by atoms with E-state index < -0.39 is 0 Å². The van der Waals surface area contributed by atoms with Crippen molar-refractivity contribution >= 4 is 0 Å². The first-order chi connectivity index (χ1) is 5.00. The van der Waals surface area contributed by atoms with Crippen LogP contribution in [0.25, 0.3) is 0 Å². The van der Waals surface area contributed by atoms with Crippen molar-refractivity contribution < 1.29 is 0 Å². The van der Waals surface area contributed by atoms with Crippen molar-refractivity contribution in [2.75, 3.05) is 6.54 Å². The molecule has 0 amide bonds. The van der Waals surface area contributed by atoms with E-state index in [0.29, 0.717) is 0 Å². The fraction of sp³-hybridized carbons (Fsp3) is 0.200. The number of aromatic amines is 1. The van der Waals surface area contributed by atoms with Crippen LogP contribution in [-0.4, -0.2) is 22.0 Å². The van der Waals surface area contributed by atoms with Crippen molar-refractivity contribution in [3.05, 3.63) is 24.7 Å². The molecule has 10 heavy (non-hydrogen) atoms. The maximum atomic E-state index is 3.49. The molecule has 0 spiro atoms. The molecule has 0 bridgehead atoms.